The number of aromatic nitrogens is 2. The van der Waals surface area contributed by atoms with Gasteiger partial charge in [0.05, 0.1) is 19.0 Å². The van der Waals surface area contributed by atoms with Gasteiger partial charge in [0, 0.05) is 67.2 Å². The summed E-state index contributed by atoms with van der Waals surface area (Å²) in [6.45, 7) is 6.51. The number of nitrogens with one attached hydrogen (secondary N) is 6. The van der Waals surface area contributed by atoms with Crippen molar-refractivity contribution in [1.82, 2.24) is 46.4 Å². The Hall–Kier alpha value is -7.59. The maximum atomic E-state index is 15.3. The third-order valence-electron chi connectivity index (χ3n) is 10.9. The Bertz CT molecular complexity index is 2490. The summed E-state index contributed by atoms with van der Waals surface area (Å²) >= 11 is 0. The number of hydrogen-bond acceptors (Lipinski definition) is 11. The maximum absolute atomic E-state index is 15.3. The van der Waals surface area contributed by atoms with Crippen LogP contribution in [-0.2, 0) is 40.1 Å². The van der Waals surface area contributed by atoms with Gasteiger partial charge in [0.15, 0.2) is 0 Å². The molecule has 0 spiro atoms. The summed E-state index contributed by atoms with van der Waals surface area (Å²) in [5, 5.41) is 25.3. The molecule has 22 heteroatoms. The minimum absolute atomic E-state index is 0.0442. The lowest BCUT2D eigenvalue weighted by atomic mass is 9.82. The van der Waals surface area contributed by atoms with E-state index < -0.39 is 108 Å². The third kappa shape index (κ3) is 16.0. The van der Waals surface area contributed by atoms with Crippen molar-refractivity contribution in [2.75, 3.05) is 32.8 Å². The second-order valence-electron chi connectivity index (χ2n) is 17.5. The van der Waals surface area contributed by atoms with E-state index in [9.17, 15) is 47.9 Å². The molecule has 0 bridgehead atoms. The molecule has 0 saturated heterocycles. The molecule has 0 aliphatic carbocycles. The molecule has 11 N–H and O–H groups in total. The number of pyridine rings is 1. The number of aliphatic hydroxyl groups is 1. The predicted octanol–water partition coefficient (Wildman–Crippen LogP) is 0.534. The van der Waals surface area contributed by atoms with Crippen molar-refractivity contribution in [3.63, 3.8) is 0 Å². The number of aliphatic hydroxyl groups excluding tert-OH is 1. The van der Waals surface area contributed by atoms with Crippen LogP contribution in [0.4, 0.5) is 8.78 Å². The van der Waals surface area contributed by atoms with Crippen LogP contribution in [0.25, 0.3) is 11.1 Å². The summed E-state index contributed by atoms with van der Waals surface area (Å²) in [5.74, 6) is -7.87. The van der Waals surface area contributed by atoms with E-state index in [0.29, 0.717) is 11.3 Å². The van der Waals surface area contributed by atoms with Gasteiger partial charge in [-0.1, -0.05) is 51.1 Å². The van der Waals surface area contributed by atoms with E-state index in [4.69, 9.17) is 11.5 Å². The standard InChI is InChI=1S/C48H61F2N11O9/c1-28(57-45(68)31-13-16-53-17-14-31)43(66)56-29(2)44(67)59-37(23-39(52)63)47(70)58-36(46(69)55-19-18-54-40(64)24-51)15-20-61(41(65)27-62)42(48(3,4)5)38-21-32(34-22-33(49)11-12-35(34)50)26-60(38)25-30-9-7-6-8-10-30/h6-14,16-17,21-22,26,28-29,36-37,42,62H,15,18-20,23-25,27,51H2,1-5H3,(H2,52,63)(H,54,64)(H,55,69)(H,56,66)(H,57,68)(H,58,70)(H,59,67)/t28-,29-,36-,37-,42-/m0/s1. The van der Waals surface area contributed by atoms with Gasteiger partial charge in [0.2, 0.25) is 41.4 Å². The molecule has 2 heterocycles. The zero-order valence-corrected chi connectivity index (χ0v) is 39.6. The lowest BCUT2D eigenvalue weighted by molar-refractivity contribution is -0.140. The third-order valence-corrected chi connectivity index (χ3v) is 10.9. The summed E-state index contributed by atoms with van der Waals surface area (Å²) in [6, 6.07) is 10.1. The first-order chi connectivity index (χ1) is 33.1. The SMILES string of the molecule is C[C@H](NC(=O)c1ccncc1)C(=O)N[C@@H](C)C(=O)N[C@@H](CC(N)=O)C(=O)N[C@@H](CCN(C(=O)CO)[C@@H](c1cc(-c2cc(F)ccc2F)cn1Cc1ccccc1)C(C)(C)C)C(=O)NCCNC(=O)CN. The van der Waals surface area contributed by atoms with Gasteiger partial charge < -0.3 is 57.9 Å². The number of carbonyl (C=O) groups excluding carboxylic acids is 8. The van der Waals surface area contributed by atoms with Crippen LogP contribution < -0.4 is 43.4 Å². The first-order valence-corrected chi connectivity index (χ1v) is 22.4. The fourth-order valence-electron chi connectivity index (χ4n) is 7.45. The Morgan fingerprint density at radius 2 is 1.41 bits per heavy atom. The molecule has 5 atom stereocenters. The number of nitrogens with zero attached hydrogens (tertiary/aromatic N) is 3. The van der Waals surface area contributed by atoms with E-state index in [-0.39, 0.29) is 50.3 Å². The molecule has 2 aromatic heterocycles. The van der Waals surface area contributed by atoms with Crippen LogP contribution in [-0.4, -0.2) is 124 Å². The fourth-order valence-corrected chi connectivity index (χ4v) is 7.45. The fraction of sp³-hybridized carbons (Fsp3) is 0.396. The van der Waals surface area contributed by atoms with Crippen LogP contribution >= 0.6 is 0 Å². The second-order valence-corrected chi connectivity index (χ2v) is 17.5. The molecule has 70 heavy (non-hydrogen) atoms. The molecule has 20 nitrogen and oxygen atoms in total. The van der Waals surface area contributed by atoms with Crippen molar-refractivity contribution >= 4 is 47.3 Å². The lowest BCUT2D eigenvalue weighted by Crippen LogP contribution is -2.58. The Kier molecular flexibility index (Phi) is 20.2. The van der Waals surface area contributed by atoms with Crippen molar-refractivity contribution in [3.05, 3.63) is 114 Å². The van der Waals surface area contributed by atoms with Crippen LogP contribution in [0.5, 0.6) is 0 Å². The van der Waals surface area contributed by atoms with Gasteiger partial charge >= 0.3 is 0 Å². The average molecular weight is 974 g/mol. The van der Waals surface area contributed by atoms with E-state index in [1.165, 1.54) is 43.3 Å². The first-order valence-electron chi connectivity index (χ1n) is 22.4. The first kappa shape index (κ1) is 55.0. The van der Waals surface area contributed by atoms with E-state index in [1.54, 1.807) is 16.8 Å². The molecule has 4 aromatic rings. The number of amides is 8. The Balaban J connectivity index is 1.65. The van der Waals surface area contributed by atoms with Crippen LogP contribution in [0.3, 0.4) is 0 Å². The molecule has 2 aromatic carbocycles. The van der Waals surface area contributed by atoms with E-state index in [1.807, 2.05) is 51.1 Å². The summed E-state index contributed by atoms with van der Waals surface area (Å²) in [7, 11) is 0. The van der Waals surface area contributed by atoms with Gasteiger partial charge in [0.25, 0.3) is 5.91 Å². The monoisotopic (exact) mass is 973 g/mol. The molecule has 376 valence electrons. The highest BCUT2D eigenvalue weighted by molar-refractivity contribution is 5.99. The van der Waals surface area contributed by atoms with Crippen LogP contribution in [0.1, 0.15) is 75.1 Å². The predicted molar refractivity (Wildman–Crippen MR) is 252 cm³/mol. The zero-order valence-electron chi connectivity index (χ0n) is 39.6. The van der Waals surface area contributed by atoms with Gasteiger partial charge in [-0.3, -0.25) is 43.3 Å². The summed E-state index contributed by atoms with van der Waals surface area (Å²) < 4.78 is 31.6. The van der Waals surface area contributed by atoms with E-state index in [2.05, 4.69) is 36.9 Å². The van der Waals surface area contributed by atoms with Gasteiger partial charge in [-0.05, 0) is 67.6 Å². The number of hydrogen-bond donors (Lipinski definition) is 9. The average Bonchev–Trinajstić information content (AvgIpc) is 3.72. The van der Waals surface area contributed by atoms with Crippen molar-refractivity contribution in [2.45, 2.75) is 84.2 Å². The molecule has 0 radical (unpaired) electrons. The van der Waals surface area contributed by atoms with Crippen molar-refractivity contribution in [2.24, 2.45) is 16.9 Å². The Morgan fingerprint density at radius 1 is 0.786 bits per heavy atom. The minimum atomic E-state index is -1.70. The molecule has 0 fully saturated rings. The highest BCUT2D eigenvalue weighted by atomic mass is 19.1. The molecule has 8 amide bonds. The summed E-state index contributed by atoms with van der Waals surface area (Å²) in [5.41, 5.74) is 11.8. The number of primary amides is 1. The number of halogens is 2. The van der Waals surface area contributed by atoms with Gasteiger partial charge in [0.1, 0.15) is 42.4 Å². The van der Waals surface area contributed by atoms with Crippen molar-refractivity contribution < 1.29 is 52.2 Å². The van der Waals surface area contributed by atoms with Crippen LogP contribution in [0.2, 0.25) is 0 Å². The highest BCUT2D eigenvalue weighted by Gasteiger charge is 2.38. The molecule has 0 aliphatic heterocycles. The van der Waals surface area contributed by atoms with Crippen molar-refractivity contribution in [1.29, 1.82) is 0 Å². The molecule has 0 aliphatic rings. The number of carbonyl (C=O) groups is 8. The van der Waals surface area contributed by atoms with Crippen molar-refractivity contribution in [3.8, 4) is 11.1 Å². The topological polar surface area (TPSA) is 302 Å². The van der Waals surface area contributed by atoms with Crippen LogP contribution in [0, 0.1) is 17.0 Å². The molecule has 0 unspecified atom stereocenters. The Labute approximate surface area is 403 Å². The lowest BCUT2D eigenvalue weighted by Gasteiger charge is -2.41. The molecule has 4 rings (SSSR count). The van der Waals surface area contributed by atoms with Crippen LogP contribution in [0.15, 0.2) is 85.3 Å². The maximum Gasteiger partial charge on any atom is 0.252 e. The smallest absolute Gasteiger partial charge is 0.252 e. The number of rotatable bonds is 24. The van der Waals surface area contributed by atoms with Gasteiger partial charge in [-0.15, -0.1) is 0 Å². The van der Waals surface area contributed by atoms with E-state index >= 15 is 4.39 Å². The Morgan fingerprint density at radius 3 is 2.04 bits per heavy atom. The molecular formula is C48H61F2N11O9. The largest absolute Gasteiger partial charge is 0.387 e. The molecular weight excluding hydrogens is 913 g/mol. The second kappa shape index (κ2) is 25.7. The normalized spacial score (nSPS) is 13.3. The minimum Gasteiger partial charge on any atom is -0.387 e. The zero-order chi connectivity index (χ0) is 51.7. The van der Waals surface area contributed by atoms with Gasteiger partial charge in [-0.25, -0.2) is 8.78 Å². The summed E-state index contributed by atoms with van der Waals surface area (Å²) in [4.78, 5) is 110. The molecule has 0 saturated carbocycles. The highest BCUT2D eigenvalue weighted by Crippen LogP contribution is 2.41. The quantitative estimate of drug-likeness (QED) is 0.0437. The number of benzene rings is 2. The number of nitrogens with two attached hydrogens (primary N) is 2. The summed E-state index contributed by atoms with van der Waals surface area (Å²) in [6.07, 6.45) is 3.31. The van der Waals surface area contributed by atoms with Gasteiger partial charge in [-0.2, -0.15) is 0 Å². The van der Waals surface area contributed by atoms with E-state index in [0.717, 1.165) is 23.8 Å².